The number of nitrogens with one attached hydrogen (secondary N) is 1. The number of benzene rings is 1. The van der Waals surface area contributed by atoms with Crippen molar-refractivity contribution in [3.05, 3.63) is 53.3 Å². The van der Waals surface area contributed by atoms with Gasteiger partial charge in [0.15, 0.2) is 17.5 Å². The number of aromatic nitrogens is 1. The highest BCUT2D eigenvalue weighted by molar-refractivity contribution is 6.30. The van der Waals surface area contributed by atoms with Gasteiger partial charge in [0.25, 0.3) is 5.91 Å². The minimum absolute atomic E-state index is 0.00336. The van der Waals surface area contributed by atoms with E-state index in [1.165, 1.54) is 0 Å². The standard InChI is InChI=1S/C18H19ClN2O3/c1-23-14-8-6-13(7-9-14)17(12-4-5-12)21-16(22)11-24-15-3-2-10-20-18(15)19/h2-3,6-10,12,17H,4-5,11H2,1H3,(H,21,22). The van der Waals surface area contributed by atoms with E-state index in [1.54, 1.807) is 25.4 Å². The highest BCUT2D eigenvalue weighted by atomic mass is 35.5. The Morgan fingerprint density at radius 2 is 2.08 bits per heavy atom. The Kier molecular flexibility index (Phi) is 5.20. The highest BCUT2D eigenvalue weighted by Crippen LogP contribution is 2.41. The van der Waals surface area contributed by atoms with Crippen molar-refractivity contribution in [2.45, 2.75) is 18.9 Å². The number of rotatable bonds is 7. The lowest BCUT2D eigenvalue weighted by Crippen LogP contribution is -2.33. The van der Waals surface area contributed by atoms with Crippen LogP contribution >= 0.6 is 11.6 Å². The van der Waals surface area contributed by atoms with E-state index < -0.39 is 0 Å². The molecule has 1 aliphatic carbocycles. The first-order chi connectivity index (χ1) is 11.7. The third kappa shape index (κ3) is 4.17. The molecular weight excluding hydrogens is 328 g/mol. The Balaban J connectivity index is 1.61. The van der Waals surface area contributed by atoms with Crippen LogP contribution in [0.5, 0.6) is 11.5 Å². The number of hydrogen-bond acceptors (Lipinski definition) is 4. The second-order valence-electron chi connectivity index (χ2n) is 5.74. The van der Waals surface area contributed by atoms with Crippen LogP contribution in [0.25, 0.3) is 0 Å². The van der Waals surface area contributed by atoms with Crippen LogP contribution in [-0.2, 0) is 4.79 Å². The first-order valence-electron chi connectivity index (χ1n) is 7.84. The summed E-state index contributed by atoms with van der Waals surface area (Å²) in [5.41, 5.74) is 1.08. The number of nitrogens with zero attached hydrogens (tertiary/aromatic N) is 1. The summed E-state index contributed by atoms with van der Waals surface area (Å²) in [6.45, 7) is -0.0925. The smallest absolute Gasteiger partial charge is 0.258 e. The zero-order chi connectivity index (χ0) is 16.9. The number of hydrogen-bond donors (Lipinski definition) is 1. The number of carbonyl (C=O) groups is 1. The van der Waals surface area contributed by atoms with Crippen LogP contribution in [0, 0.1) is 5.92 Å². The predicted octanol–water partition coefficient (Wildman–Crippen LogP) is 3.39. The van der Waals surface area contributed by atoms with Crippen molar-refractivity contribution in [1.82, 2.24) is 10.3 Å². The molecule has 0 saturated heterocycles. The van der Waals surface area contributed by atoms with Gasteiger partial charge >= 0.3 is 0 Å². The molecule has 0 bridgehead atoms. The van der Waals surface area contributed by atoms with Crippen molar-refractivity contribution in [2.24, 2.45) is 5.92 Å². The van der Waals surface area contributed by atoms with Crippen molar-refractivity contribution in [1.29, 1.82) is 0 Å². The molecule has 1 heterocycles. The summed E-state index contributed by atoms with van der Waals surface area (Å²) in [5.74, 6) is 1.50. The van der Waals surface area contributed by atoms with Gasteiger partial charge in [0.05, 0.1) is 13.2 Å². The third-order valence-electron chi connectivity index (χ3n) is 3.97. The SMILES string of the molecule is COc1ccc(C(NC(=O)COc2cccnc2Cl)C2CC2)cc1. The summed E-state index contributed by atoms with van der Waals surface area (Å²) in [4.78, 5) is 16.2. The lowest BCUT2D eigenvalue weighted by Gasteiger charge is -2.19. The molecule has 1 unspecified atom stereocenters. The lowest BCUT2D eigenvalue weighted by molar-refractivity contribution is -0.124. The van der Waals surface area contributed by atoms with E-state index in [-0.39, 0.29) is 23.7 Å². The Morgan fingerprint density at radius 3 is 2.71 bits per heavy atom. The summed E-state index contributed by atoms with van der Waals surface area (Å²) in [6, 6.07) is 11.2. The van der Waals surface area contributed by atoms with Crippen LogP contribution in [-0.4, -0.2) is 24.6 Å². The minimum atomic E-state index is -0.178. The van der Waals surface area contributed by atoms with E-state index in [2.05, 4.69) is 10.3 Å². The van der Waals surface area contributed by atoms with Crippen molar-refractivity contribution >= 4 is 17.5 Å². The largest absolute Gasteiger partial charge is 0.497 e. The first-order valence-corrected chi connectivity index (χ1v) is 8.22. The van der Waals surface area contributed by atoms with Crippen molar-refractivity contribution in [3.63, 3.8) is 0 Å². The van der Waals surface area contributed by atoms with Crippen LogP contribution in [0.3, 0.4) is 0 Å². The number of pyridine rings is 1. The topological polar surface area (TPSA) is 60.5 Å². The molecule has 0 spiro atoms. The molecule has 1 fully saturated rings. The van der Waals surface area contributed by atoms with Crippen molar-refractivity contribution in [2.75, 3.05) is 13.7 Å². The second kappa shape index (κ2) is 7.53. The second-order valence-corrected chi connectivity index (χ2v) is 6.09. The number of halogens is 1. The zero-order valence-corrected chi connectivity index (χ0v) is 14.1. The zero-order valence-electron chi connectivity index (χ0n) is 13.4. The van der Waals surface area contributed by atoms with E-state index in [9.17, 15) is 4.79 Å². The molecule has 24 heavy (non-hydrogen) atoms. The Hall–Kier alpha value is -2.27. The van der Waals surface area contributed by atoms with Gasteiger partial charge < -0.3 is 14.8 Å². The fraction of sp³-hybridized carbons (Fsp3) is 0.333. The lowest BCUT2D eigenvalue weighted by atomic mass is 10.0. The molecule has 3 rings (SSSR count). The third-order valence-corrected chi connectivity index (χ3v) is 4.25. The monoisotopic (exact) mass is 346 g/mol. The van der Waals surface area contributed by atoms with Crippen LogP contribution in [0.1, 0.15) is 24.4 Å². The Bertz CT molecular complexity index is 702. The molecule has 1 N–H and O–H groups in total. The fourth-order valence-electron chi connectivity index (χ4n) is 2.55. The Labute approximate surface area is 145 Å². The van der Waals surface area contributed by atoms with Crippen LogP contribution in [0.4, 0.5) is 0 Å². The summed E-state index contributed by atoms with van der Waals surface area (Å²) in [6.07, 6.45) is 3.81. The van der Waals surface area contributed by atoms with Gasteiger partial charge in [0, 0.05) is 6.20 Å². The molecule has 1 amide bonds. The van der Waals surface area contributed by atoms with Gasteiger partial charge in [-0.1, -0.05) is 23.7 Å². The molecule has 1 aromatic heterocycles. The normalized spacial score (nSPS) is 14.8. The summed E-state index contributed by atoms with van der Waals surface area (Å²) >= 11 is 5.92. The van der Waals surface area contributed by atoms with Gasteiger partial charge in [-0.3, -0.25) is 4.79 Å². The first kappa shape index (κ1) is 16.6. The van der Waals surface area contributed by atoms with Crippen LogP contribution < -0.4 is 14.8 Å². The van der Waals surface area contributed by atoms with Crippen molar-refractivity contribution in [3.8, 4) is 11.5 Å². The maximum Gasteiger partial charge on any atom is 0.258 e. The number of amides is 1. The molecule has 2 aromatic rings. The summed E-state index contributed by atoms with van der Waals surface area (Å²) in [7, 11) is 1.63. The predicted molar refractivity (Wildman–Crippen MR) is 91.3 cm³/mol. The number of methoxy groups -OCH3 is 1. The molecule has 1 aromatic carbocycles. The number of ether oxygens (including phenoxy) is 2. The van der Waals surface area contributed by atoms with E-state index in [0.29, 0.717) is 11.7 Å². The molecule has 0 aliphatic heterocycles. The molecule has 1 saturated carbocycles. The van der Waals surface area contributed by atoms with Gasteiger partial charge in [-0.25, -0.2) is 4.98 Å². The molecule has 126 valence electrons. The molecule has 0 radical (unpaired) electrons. The van der Waals surface area contributed by atoms with Gasteiger partial charge in [-0.15, -0.1) is 0 Å². The summed E-state index contributed by atoms with van der Waals surface area (Å²) < 4.78 is 10.6. The van der Waals surface area contributed by atoms with Crippen molar-refractivity contribution < 1.29 is 14.3 Å². The Morgan fingerprint density at radius 1 is 1.33 bits per heavy atom. The van der Waals surface area contributed by atoms with E-state index in [4.69, 9.17) is 21.1 Å². The number of carbonyl (C=O) groups excluding carboxylic acids is 1. The summed E-state index contributed by atoms with van der Waals surface area (Å²) in [5, 5.41) is 3.30. The quantitative estimate of drug-likeness (QED) is 0.781. The maximum absolute atomic E-state index is 12.2. The van der Waals surface area contributed by atoms with Gasteiger partial charge in [0.1, 0.15) is 5.75 Å². The van der Waals surface area contributed by atoms with Gasteiger partial charge in [-0.2, -0.15) is 0 Å². The maximum atomic E-state index is 12.2. The van der Waals surface area contributed by atoms with Crippen LogP contribution in [0.2, 0.25) is 5.15 Å². The van der Waals surface area contributed by atoms with E-state index in [1.807, 2.05) is 24.3 Å². The molecule has 1 aliphatic rings. The molecule has 5 nitrogen and oxygen atoms in total. The average Bonchev–Trinajstić information content (AvgIpc) is 3.44. The van der Waals surface area contributed by atoms with Crippen LogP contribution in [0.15, 0.2) is 42.6 Å². The average molecular weight is 347 g/mol. The van der Waals surface area contributed by atoms with E-state index >= 15 is 0 Å². The van der Waals surface area contributed by atoms with Gasteiger partial charge in [-0.05, 0) is 48.6 Å². The highest BCUT2D eigenvalue weighted by Gasteiger charge is 2.33. The van der Waals surface area contributed by atoms with Gasteiger partial charge in [0.2, 0.25) is 0 Å². The minimum Gasteiger partial charge on any atom is -0.497 e. The van der Waals surface area contributed by atoms with E-state index in [0.717, 1.165) is 24.2 Å². The molecular formula is C18H19ClN2O3. The molecule has 6 heteroatoms. The fourth-order valence-corrected chi connectivity index (χ4v) is 2.73. The molecule has 1 atom stereocenters.